The molecule has 3 N–H and O–H groups in total. The van der Waals surface area contributed by atoms with Gasteiger partial charge in [-0.2, -0.15) is 0 Å². The number of carbonyl (C=O) groups excluding carboxylic acids is 1. The first-order chi connectivity index (χ1) is 11.0. The van der Waals surface area contributed by atoms with Gasteiger partial charge in [-0.1, -0.05) is 58.3 Å². The zero-order valence-corrected chi connectivity index (χ0v) is 15.6. The Balaban J connectivity index is 0. The smallest absolute Gasteiger partial charge is 0.550 e. The molecule has 5 nitrogen and oxygen atoms in total. The second-order valence-corrected chi connectivity index (χ2v) is 6.55. The van der Waals surface area contributed by atoms with Crippen LogP contribution in [0.1, 0.15) is 90.4 Å². The summed E-state index contributed by atoms with van der Waals surface area (Å²) >= 11 is 0. The number of carbonyl (C=O) groups is 1. The monoisotopic (exact) mass is 338 g/mol. The maximum atomic E-state index is 10.2. The molecule has 0 aromatic rings. The number of carboxylic acid groups (broad SMARTS) is 1. The van der Waals surface area contributed by atoms with E-state index in [1.54, 1.807) is 0 Å². The molecule has 0 amide bonds. The van der Waals surface area contributed by atoms with E-state index in [2.05, 4.69) is 6.92 Å². The number of aliphatic hydroxyl groups is 3. The number of hydrogen-bond acceptors (Lipinski definition) is 5. The molecule has 3 atom stereocenters. The summed E-state index contributed by atoms with van der Waals surface area (Å²) in [4.78, 5) is 10.2. The van der Waals surface area contributed by atoms with Crippen LogP contribution in [0.2, 0.25) is 0 Å². The maximum absolute atomic E-state index is 10.2. The van der Waals surface area contributed by atoms with Gasteiger partial charge in [0, 0.05) is 12.4 Å². The van der Waals surface area contributed by atoms with E-state index in [1.165, 1.54) is 6.42 Å². The van der Waals surface area contributed by atoms with Crippen molar-refractivity contribution < 1.29 is 44.1 Å². The molecule has 0 aromatic carbocycles. The van der Waals surface area contributed by atoms with E-state index < -0.39 is 24.3 Å². The van der Waals surface area contributed by atoms with Crippen LogP contribution in [0.5, 0.6) is 0 Å². The van der Waals surface area contributed by atoms with Crippen molar-refractivity contribution in [2.45, 2.75) is 109 Å². The third-order valence-electron chi connectivity index (χ3n) is 4.23. The normalized spacial score (nSPS) is 14.7. The summed E-state index contributed by atoms with van der Waals surface area (Å²) in [5, 5.41) is 39.9. The largest absolute Gasteiger partial charge is 1.00 e. The number of aliphatic hydroxyl groups excluding tert-OH is 3. The van der Waals surface area contributed by atoms with Gasteiger partial charge in [0.2, 0.25) is 0 Å². The van der Waals surface area contributed by atoms with Crippen LogP contribution in [-0.2, 0) is 4.79 Å². The van der Waals surface area contributed by atoms with Gasteiger partial charge in [-0.3, -0.25) is 0 Å². The van der Waals surface area contributed by atoms with Crippen LogP contribution in [0.4, 0.5) is 0 Å². The van der Waals surface area contributed by atoms with Crippen molar-refractivity contribution in [3.63, 3.8) is 0 Å². The quantitative estimate of drug-likeness (QED) is 0.245. The SMILES string of the molecule is CCCCCCC(O)CC(O)C(O)CCCCCCCC(=O)[O-].[Li+]. The van der Waals surface area contributed by atoms with Crippen LogP contribution in [0.15, 0.2) is 0 Å². The summed E-state index contributed by atoms with van der Waals surface area (Å²) in [7, 11) is 0. The molecule has 0 aliphatic rings. The maximum Gasteiger partial charge on any atom is 1.00 e. The molecular formula is C18H35LiO5. The third-order valence-corrected chi connectivity index (χ3v) is 4.23. The first kappa shape index (κ1) is 26.2. The molecule has 0 radical (unpaired) electrons. The van der Waals surface area contributed by atoms with Crippen LogP contribution >= 0.6 is 0 Å². The van der Waals surface area contributed by atoms with Gasteiger partial charge in [-0.25, -0.2) is 0 Å². The van der Waals surface area contributed by atoms with Gasteiger partial charge >= 0.3 is 18.9 Å². The second-order valence-electron chi connectivity index (χ2n) is 6.55. The Labute approximate surface area is 159 Å². The average molecular weight is 338 g/mol. The van der Waals surface area contributed by atoms with Gasteiger partial charge in [-0.15, -0.1) is 0 Å². The molecule has 0 saturated heterocycles. The van der Waals surface area contributed by atoms with E-state index in [9.17, 15) is 25.2 Å². The minimum Gasteiger partial charge on any atom is -0.550 e. The van der Waals surface area contributed by atoms with E-state index in [-0.39, 0.29) is 31.7 Å². The van der Waals surface area contributed by atoms with Crippen molar-refractivity contribution in [2.75, 3.05) is 0 Å². The van der Waals surface area contributed by atoms with E-state index in [0.717, 1.165) is 44.9 Å². The predicted molar refractivity (Wildman–Crippen MR) is 88.7 cm³/mol. The molecule has 0 bridgehead atoms. The fourth-order valence-corrected chi connectivity index (χ4v) is 2.71. The number of aliphatic carboxylic acids is 1. The summed E-state index contributed by atoms with van der Waals surface area (Å²) < 4.78 is 0. The minimum atomic E-state index is -1.00. The minimum absolute atomic E-state index is 0. The summed E-state index contributed by atoms with van der Waals surface area (Å²) in [6.07, 6.45) is 7.87. The van der Waals surface area contributed by atoms with Gasteiger partial charge in [0.05, 0.1) is 18.3 Å². The van der Waals surface area contributed by atoms with E-state index in [0.29, 0.717) is 19.3 Å². The molecule has 0 aromatic heterocycles. The van der Waals surface area contributed by atoms with Crippen molar-refractivity contribution in [3.05, 3.63) is 0 Å². The van der Waals surface area contributed by atoms with Gasteiger partial charge in [0.1, 0.15) is 0 Å². The summed E-state index contributed by atoms with van der Waals surface area (Å²) in [5.74, 6) is -1.00. The first-order valence-corrected chi connectivity index (χ1v) is 9.21. The molecule has 0 spiro atoms. The number of carboxylic acids is 1. The molecule has 24 heavy (non-hydrogen) atoms. The van der Waals surface area contributed by atoms with E-state index in [1.807, 2.05) is 0 Å². The Morgan fingerprint density at radius 1 is 0.833 bits per heavy atom. The van der Waals surface area contributed by atoms with Crippen molar-refractivity contribution in [1.82, 2.24) is 0 Å². The molecule has 0 aliphatic heterocycles. The second kappa shape index (κ2) is 17.8. The molecular weight excluding hydrogens is 303 g/mol. The van der Waals surface area contributed by atoms with E-state index >= 15 is 0 Å². The molecule has 0 rings (SSSR count). The van der Waals surface area contributed by atoms with Crippen LogP contribution < -0.4 is 24.0 Å². The van der Waals surface area contributed by atoms with Crippen LogP contribution in [0, 0.1) is 0 Å². The zero-order valence-electron chi connectivity index (χ0n) is 15.6. The molecule has 6 heteroatoms. The van der Waals surface area contributed by atoms with Gasteiger partial charge in [0.25, 0.3) is 0 Å². The molecule has 0 heterocycles. The fourth-order valence-electron chi connectivity index (χ4n) is 2.71. The standard InChI is InChI=1S/C18H36O5.Li/c1-2-3-4-8-11-15(19)14-17(21)16(20)12-9-6-5-7-10-13-18(22)23;/h15-17,19-21H,2-14H2,1H3,(H,22,23);/q;+1/p-1. The molecule has 0 saturated carbocycles. The Morgan fingerprint density at radius 3 is 2.00 bits per heavy atom. The third kappa shape index (κ3) is 16.8. The fraction of sp³-hybridized carbons (Fsp3) is 0.944. The van der Waals surface area contributed by atoms with Crippen molar-refractivity contribution in [1.29, 1.82) is 0 Å². The van der Waals surface area contributed by atoms with Crippen LogP contribution in [0.25, 0.3) is 0 Å². The number of unbranched alkanes of at least 4 members (excludes halogenated alkanes) is 7. The molecule has 3 unspecified atom stereocenters. The number of hydrogen-bond donors (Lipinski definition) is 3. The Bertz CT molecular complexity index is 289. The van der Waals surface area contributed by atoms with Gasteiger partial charge in [0.15, 0.2) is 0 Å². The van der Waals surface area contributed by atoms with Crippen LogP contribution in [0.3, 0.4) is 0 Å². The topological polar surface area (TPSA) is 101 Å². The van der Waals surface area contributed by atoms with Crippen molar-refractivity contribution in [3.8, 4) is 0 Å². The predicted octanol–water partition coefficient (Wildman–Crippen LogP) is -1.09. The Hall–Kier alpha value is -0.0526. The van der Waals surface area contributed by atoms with E-state index in [4.69, 9.17) is 0 Å². The number of rotatable bonds is 16. The average Bonchev–Trinajstić information content (AvgIpc) is 2.50. The zero-order chi connectivity index (χ0) is 17.5. The van der Waals surface area contributed by atoms with Crippen LogP contribution in [-0.4, -0.2) is 39.6 Å². The molecule has 138 valence electrons. The summed E-state index contributed by atoms with van der Waals surface area (Å²) in [6.45, 7) is 2.14. The molecule has 0 fully saturated rings. The Morgan fingerprint density at radius 2 is 1.38 bits per heavy atom. The van der Waals surface area contributed by atoms with Gasteiger partial charge < -0.3 is 25.2 Å². The Kier molecular flexibility index (Phi) is 19.4. The summed E-state index contributed by atoms with van der Waals surface area (Å²) in [6, 6.07) is 0. The van der Waals surface area contributed by atoms with Crippen molar-refractivity contribution >= 4 is 5.97 Å². The van der Waals surface area contributed by atoms with Crippen molar-refractivity contribution in [2.24, 2.45) is 0 Å². The summed E-state index contributed by atoms with van der Waals surface area (Å²) in [5.41, 5.74) is 0. The first-order valence-electron chi connectivity index (χ1n) is 9.21. The molecule has 0 aliphatic carbocycles. The van der Waals surface area contributed by atoms with Gasteiger partial charge in [-0.05, 0) is 25.7 Å².